The highest BCUT2D eigenvalue weighted by Crippen LogP contribution is 2.51. The van der Waals surface area contributed by atoms with E-state index in [2.05, 4.69) is 146 Å². The normalized spacial score (nSPS) is 13.6. The standard InChI is InChI=1S/C43H29N3/c1-43(2)37-24-27(26-16-19-35-36(23-26)29-9-3-4-12-34(29)41-42(35)45-22-21-44-41)15-18-30(37)31-20-17-28(25-38(31)43)46-39-13-7-5-10-32(39)33-11-6-8-14-40(33)46/h3-25H,1-2H3. The number of para-hydroxylation sites is 2. The van der Waals surface area contributed by atoms with E-state index in [-0.39, 0.29) is 5.41 Å². The van der Waals surface area contributed by atoms with Gasteiger partial charge in [-0.3, -0.25) is 9.97 Å². The third-order valence-corrected chi connectivity index (χ3v) is 10.3. The van der Waals surface area contributed by atoms with E-state index in [1.54, 1.807) is 12.4 Å². The predicted molar refractivity (Wildman–Crippen MR) is 192 cm³/mol. The van der Waals surface area contributed by atoms with Crippen LogP contribution in [0.25, 0.3) is 82.3 Å². The van der Waals surface area contributed by atoms with Crippen LogP contribution in [-0.4, -0.2) is 14.5 Å². The fourth-order valence-electron chi connectivity index (χ4n) is 8.05. The van der Waals surface area contributed by atoms with Gasteiger partial charge >= 0.3 is 0 Å². The first kappa shape index (κ1) is 25.5. The summed E-state index contributed by atoms with van der Waals surface area (Å²) in [7, 11) is 0. The molecule has 0 spiro atoms. The lowest BCUT2D eigenvalue weighted by molar-refractivity contribution is 0.660. The zero-order valence-electron chi connectivity index (χ0n) is 25.6. The van der Waals surface area contributed by atoms with Crippen LogP contribution in [0.3, 0.4) is 0 Å². The average Bonchev–Trinajstić information content (AvgIpc) is 3.56. The molecule has 0 fully saturated rings. The summed E-state index contributed by atoms with van der Waals surface area (Å²) < 4.78 is 2.42. The summed E-state index contributed by atoms with van der Waals surface area (Å²) in [5.41, 5.74) is 13.3. The Hall–Kier alpha value is -5.80. The Kier molecular flexibility index (Phi) is 5.06. The highest BCUT2D eigenvalue weighted by Gasteiger charge is 2.36. The molecule has 1 aliphatic rings. The highest BCUT2D eigenvalue weighted by atomic mass is 15.0. The summed E-state index contributed by atoms with van der Waals surface area (Å²) in [5.74, 6) is 0. The fraction of sp³-hybridized carbons (Fsp3) is 0.0698. The third-order valence-electron chi connectivity index (χ3n) is 10.3. The van der Waals surface area contributed by atoms with Gasteiger partial charge in [0.1, 0.15) is 0 Å². The number of benzene rings is 7. The van der Waals surface area contributed by atoms with Crippen LogP contribution >= 0.6 is 0 Å². The topological polar surface area (TPSA) is 30.7 Å². The van der Waals surface area contributed by atoms with Gasteiger partial charge in [0.25, 0.3) is 0 Å². The molecule has 7 aromatic carbocycles. The first-order valence-electron chi connectivity index (χ1n) is 15.9. The van der Waals surface area contributed by atoms with E-state index in [0.717, 1.165) is 21.8 Å². The summed E-state index contributed by atoms with van der Waals surface area (Å²) in [6, 6.07) is 46.9. The van der Waals surface area contributed by atoms with Crippen molar-refractivity contribution in [3.63, 3.8) is 0 Å². The largest absolute Gasteiger partial charge is 0.309 e. The zero-order valence-corrected chi connectivity index (χ0v) is 25.6. The lowest BCUT2D eigenvalue weighted by Gasteiger charge is -2.23. The molecule has 0 saturated heterocycles. The van der Waals surface area contributed by atoms with Crippen LogP contribution in [0.2, 0.25) is 0 Å². The minimum absolute atomic E-state index is 0.148. The van der Waals surface area contributed by atoms with E-state index in [1.807, 2.05) is 0 Å². The molecular formula is C43H29N3. The zero-order chi connectivity index (χ0) is 30.6. The molecule has 1 aliphatic carbocycles. The maximum absolute atomic E-state index is 4.75. The third kappa shape index (κ3) is 3.37. The van der Waals surface area contributed by atoms with E-state index >= 15 is 0 Å². The van der Waals surface area contributed by atoms with Crippen LogP contribution in [0.1, 0.15) is 25.0 Å². The van der Waals surface area contributed by atoms with Crippen molar-refractivity contribution in [1.82, 2.24) is 14.5 Å². The van der Waals surface area contributed by atoms with Crippen LogP contribution < -0.4 is 0 Å². The van der Waals surface area contributed by atoms with Crippen molar-refractivity contribution >= 4 is 54.4 Å². The monoisotopic (exact) mass is 587 g/mol. The van der Waals surface area contributed by atoms with Crippen LogP contribution in [0, 0.1) is 0 Å². The van der Waals surface area contributed by atoms with E-state index < -0.39 is 0 Å². The van der Waals surface area contributed by atoms with E-state index in [1.165, 1.54) is 71.6 Å². The van der Waals surface area contributed by atoms with Gasteiger partial charge < -0.3 is 4.57 Å². The quantitative estimate of drug-likeness (QED) is 0.188. The molecule has 9 aromatic rings. The van der Waals surface area contributed by atoms with Crippen molar-refractivity contribution in [1.29, 1.82) is 0 Å². The maximum atomic E-state index is 4.75. The molecule has 0 aliphatic heterocycles. The van der Waals surface area contributed by atoms with Gasteiger partial charge in [0.2, 0.25) is 0 Å². The van der Waals surface area contributed by atoms with Gasteiger partial charge in [0.15, 0.2) is 0 Å². The van der Waals surface area contributed by atoms with Crippen molar-refractivity contribution in [2.45, 2.75) is 19.3 Å². The summed E-state index contributed by atoms with van der Waals surface area (Å²) >= 11 is 0. The van der Waals surface area contributed by atoms with Gasteiger partial charge in [-0.15, -0.1) is 0 Å². The van der Waals surface area contributed by atoms with Crippen molar-refractivity contribution < 1.29 is 0 Å². The first-order valence-corrected chi connectivity index (χ1v) is 15.9. The molecule has 0 unspecified atom stereocenters. The molecule has 10 rings (SSSR count). The Morgan fingerprint density at radius 2 is 0.978 bits per heavy atom. The number of aromatic nitrogens is 3. The van der Waals surface area contributed by atoms with Crippen molar-refractivity contribution in [2.75, 3.05) is 0 Å². The van der Waals surface area contributed by atoms with Gasteiger partial charge in [0, 0.05) is 45.0 Å². The second kappa shape index (κ2) is 9.12. The minimum Gasteiger partial charge on any atom is -0.309 e. The van der Waals surface area contributed by atoms with Crippen LogP contribution in [-0.2, 0) is 5.41 Å². The smallest absolute Gasteiger partial charge is 0.0971 e. The van der Waals surface area contributed by atoms with E-state index in [9.17, 15) is 0 Å². The van der Waals surface area contributed by atoms with Crippen LogP contribution in [0.5, 0.6) is 0 Å². The minimum atomic E-state index is -0.148. The number of hydrogen-bond acceptors (Lipinski definition) is 2. The molecule has 0 amide bonds. The second-order valence-electron chi connectivity index (χ2n) is 13.0. The van der Waals surface area contributed by atoms with Gasteiger partial charge in [-0.05, 0) is 80.6 Å². The van der Waals surface area contributed by atoms with Gasteiger partial charge in [0.05, 0.1) is 22.1 Å². The Bertz CT molecular complexity index is 2640. The Morgan fingerprint density at radius 1 is 0.457 bits per heavy atom. The van der Waals surface area contributed by atoms with E-state index in [0.29, 0.717) is 0 Å². The maximum Gasteiger partial charge on any atom is 0.0971 e. The molecule has 0 saturated carbocycles. The van der Waals surface area contributed by atoms with Gasteiger partial charge in [-0.1, -0.05) is 105 Å². The molecular weight excluding hydrogens is 558 g/mol. The number of nitrogens with zero attached hydrogens (tertiary/aromatic N) is 3. The molecule has 2 heterocycles. The highest BCUT2D eigenvalue weighted by molar-refractivity contribution is 6.23. The molecule has 46 heavy (non-hydrogen) atoms. The molecule has 3 nitrogen and oxygen atoms in total. The van der Waals surface area contributed by atoms with E-state index in [4.69, 9.17) is 9.97 Å². The SMILES string of the molecule is CC1(C)c2cc(-c3ccc4c(c3)c3ccccc3c3nccnc43)ccc2-c2ccc(-n3c4ccccc4c4ccccc43)cc21. The Labute approximate surface area is 266 Å². The number of fused-ring (bicyclic) bond motifs is 12. The fourth-order valence-corrected chi connectivity index (χ4v) is 8.05. The molecule has 216 valence electrons. The predicted octanol–water partition coefficient (Wildman–Crippen LogP) is 11.0. The molecule has 3 heteroatoms. The molecule has 0 N–H and O–H groups in total. The number of rotatable bonds is 2. The summed E-state index contributed by atoms with van der Waals surface area (Å²) in [6.45, 7) is 4.74. The van der Waals surface area contributed by atoms with Crippen molar-refractivity contribution in [3.8, 4) is 27.9 Å². The van der Waals surface area contributed by atoms with Crippen molar-refractivity contribution in [2.24, 2.45) is 0 Å². The average molecular weight is 588 g/mol. The summed E-state index contributed by atoms with van der Waals surface area (Å²) in [4.78, 5) is 9.45. The Morgan fingerprint density at radius 3 is 1.67 bits per heavy atom. The molecule has 0 radical (unpaired) electrons. The summed E-state index contributed by atoms with van der Waals surface area (Å²) in [5, 5.41) is 7.26. The lowest BCUT2D eigenvalue weighted by Crippen LogP contribution is -2.15. The molecule has 2 aromatic heterocycles. The second-order valence-corrected chi connectivity index (χ2v) is 13.0. The van der Waals surface area contributed by atoms with Gasteiger partial charge in [-0.25, -0.2) is 0 Å². The van der Waals surface area contributed by atoms with Crippen LogP contribution in [0.15, 0.2) is 140 Å². The van der Waals surface area contributed by atoms with Crippen LogP contribution in [0.4, 0.5) is 0 Å². The summed E-state index contributed by atoms with van der Waals surface area (Å²) in [6.07, 6.45) is 3.57. The van der Waals surface area contributed by atoms with Crippen molar-refractivity contribution in [3.05, 3.63) is 151 Å². The molecule has 0 atom stereocenters. The molecule has 0 bridgehead atoms. The first-order chi connectivity index (χ1) is 22.6. The lowest BCUT2D eigenvalue weighted by atomic mass is 9.81. The number of hydrogen-bond donors (Lipinski definition) is 0. The van der Waals surface area contributed by atoms with Gasteiger partial charge in [-0.2, -0.15) is 0 Å². The Balaban J connectivity index is 1.13.